The maximum Gasteiger partial charge on any atom is 0.252 e. The Morgan fingerprint density at radius 2 is 1.86 bits per heavy atom. The molecule has 0 unspecified atom stereocenters. The van der Waals surface area contributed by atoms with Crippen molar-refractivity contribution in [1.82, 2.24) is 10.2 Å². The second-order valence-electron chi connectivity index (χ2n) is 7.39. The monoisotopic (exact) mass is 430 g/mol. The van der Waals surface area contributed by atoms with Gasteiger partial charge in [0.15, 0.2) is 0 Å². The Kier molecular flexibility index (Phi) is 8.01. The number of thioether (sulfide) groups is 1. The molecule has 29 heavy (non-hydrogen) atoms. The second kappa shape index (κ2) is 10.7. The van der Waals surface area contributed by atoms with E-state index in [1.807, 2.05) is 48.3 Å². The molecule has 0 saturated heterocycles. The van der Waals surface area contributed by atoms with Crippen molar-refractivity contribution in [2.45, 2.75) is 49.6 Å². The molecule has 0 heterocycles. The van der Waals surface area contributed by atoms with Gasteiger partial charge in [-0.05, 0) is 42.7 Å². The van der Waals surface area contributed by atoms with Crippen molar-refractivity contribution in [2.24, 2.45) is 0 Å². The first-order valence-electron chi connectivity index (χ1n) is 10.0. The van der Waals surface area contributed by atoms with Gasteiger partial charge < -0.3 is 10.2 Å². The Bertz CT molecular complexity index is 852. The molecule has 2 aromatic rings. The fraction of sp³-hybridized carbons (Fsp3) is 0.391. The summed E-state index contributed by atoms with van der Waals surface area (Å²) in [6, 6.07) is 15.2. The lowest BCUT2D eigenvalue weighted by Crippen LogP contribution is -2.39. The third-order valence-corrected chi connectivity index (χ3v) is 6.63. The summed E-state index contributed by atoms with van der Waals surface area (Å²) in [6.07, 6.45) is 5.85. The number of halogens is 1. The summed E-state index contributed by atoms with van der Waals surface area (Å²) in [5, 5.41) is 3.59. The number of hydrogen-bond acceptors (Lipinski definition) is 3. The molecule has 1 aliphatic rings. The molecule has 6 heteroatoms. The van der Waals surface area contributed by atoms with Crippen molar-refractivity contribution >= 4 is 35.2 Å². The average Bonchev–Trinajstić information content (AvgIpc) is 2.76. The van der Waals surface area contributed by atoms with Crippen molar-refractivity contribution in [2.75, 3.05) is 12.8 Å². The first-order valence-corrected chi connectivity index (χ1v) is 11.4. The van der Waals surface area contributed by atoms with Gasteiger partial charge in [0.05, 0.1) is 11.3 Å². The highest BCUT2D eigenvalue weighted by atomic mass is 35.5. The molecular weight excluding hydrogens is 404 g/mol. The quantitative estimate of drug-likeness (QED) is 0.617. The molecular formula is C23H27ClN2O2S. The zero-order chi connectivity index (χ0) is 20.6. The van der Waals surface area contributed by atoms with E-state index in [0.29, 0.717) is 28.9 Å². The smallest absolute Gasteiger partial charge is 0.252 e. The Morgan fingerprint density at radius 1 is 1.10 bits per heavy atom. The molecule has 1 saturated carbocycles. The van der Waals surface area contributed by atoms with Gasteiger partial charge >= 0.3 is 0 Å². The minimum atomic E-state index is -0.152. The van der Waals surface area contributed by atoms with E-state index in [0.717, 1.165) is 23.3 Å². The maximum absolute atomic E-state index is 12.7. The van der Waals surface area contributed by atoms with E-state index in [2.05, 4.69) is 5.32 Å². The molecule has 4 nitrogen and oxygen atoms in total. The SMILES string of the molecule is CN(C(=O)CSc1ccccc1C(=O)NCc1cccc(Cl)c1)C1CCCCC1. The zero-order valence-corrected chi connectivity index (χ0v) is 18.3. The number of nitrogens with zero attached hydrogens (tertiary/aromatic N) is 1. The summed E-state index contributed by atoms with van der Waals surface area (Å²) >= 11 is 7.43. The van der Waals surface area contributed by atoms with E-state index in [1.165, 1.54) is 31.0 Å². The Labute approximate surface area is 182 Å². The van der Waals surface area contributed by atoms with Gasteiger partial charge in [0.1, 0.15) is 0 Å². The summed E-state index contributed by atoms with van der Waals surface area (Å²) in [6.45, 7) is 0.405. The molecule has 0 bridgehead atoms. The van der Waals surface area contributed by atoms with Crippen molar-refractivity contribution in [3.8, 4) is 0 Å². The summed E-state index contributed by atoms with van der Waals surface area (Å²) < 4.78 is 0. The predicted molar refractivity (Wildman–Crippen MR) is 119 cm³/mol. The molecule has 154 valence electrons. The van der Waals surface area contributed by atoms with E-state index in [4.69, 9.17) is 11.6 Å². The van der Waals surface area contributed by atoms with Crippen LogP contribution >= 0.6 is 23.4 Å². The number of rotatable bonds is 7. The molecule has 2 amide bonds. The van der Waals surface area contributed by atoms with Gasteiger partial charge in [-0.2, -0.15) is 0 Å². The molecule has 0 spiro atoms. The summed E-state index contributed by atoms with van der Waals surface area (Å²) in [7, 11) is 1.91. The van der Waals surface area contributed by atoms with E-state index >= 15 is 0 Å². The largest absolute Gasteiger partial charge is 0.348 e. The topological polar surface area (TPSA) is 49.4 Å². The number of carbonyl (C=O) groups is 2. The van der Waals surface area contributed by atoms with Crippen molar-refractivity contribution < 1.29 is 9.59 Å². The van der Waals surface area contributed by atoms with Gasteiger partial charge in [0, 0.05) is 29.6 Å². The number of amides is 2. The summed E-state index contributed by atoms with van der Waals surface area (Å²) in [5.74, 6) is 0.309. The average molecular weight is 431 g/mol. The van der Waals surface area contributed by atoms with Crippen molar-refractivity contribution in [3.05, 3.63) is 64.7 Å². The third-order valence-electron chi connectivity index (χ3n) is 5.34. The molecule has 0 atom stereocenters. The molecule has 0 aromatic heterocycles. The minimum absolute atomic E-state index is 0.121. The van der Waals surface area contributed by atoms with Crippen LogP contribution in [0, 0.1) is 0 Å². The van der Waals surface area contributed by atoms with Crippen LogP contribution in [0.15, 0.2) is 53.4 Å². The lowest BCUT2D eigenvalue weighted by Gasteiger charge is -2.31. The van der Waals surface area contributed by atoms with Gasteiger partial charge in [-0.3, -0.25) is 9.59 Å². The van der Waals surface area contributed by atoms with E-state index in [1.54, 1.807) is 12.1 Å². The van der Waals surface area contributed by atoms with Gasteiger partial charge in [-0.25, -0.2) is 0 Å². The first kappa shape index (κ1) is 21.7. The van der Waals surface area contributed by atoms with Crippen LogP contribution in [0.1, 0.15) is 48.0 Å². The Balaban J connectivity index is 1.57. The van der Waals surface area contributed by atoms with Crippen LogP contribution in [0.3, 0.4) is 0 Å². The van der Waals surface area contributed by atoms with Gasteiger partial charge in [-0.1, -0.05) is 55.1 Å². The minimum Gasteiger partial charge on any atom is -0.348 e. The molecule has 1 fully saturated rings. The van der Waals surface area contributed by atoms with E-state index in [-0.39, 0.29) is 11.8 Å². The van der Waals surface area contributed by atoms with Crippen molar-refractivity contribution in [1.29, 1.82) is 0 Å². The van der Waals surface area contributed by atoms with Gasteiger partial charge in [-0.15, -0.1) is 11.8 Å². The standard InChI is InChI=1S/C23H27ClN2O2S/c1-26(19-10-3-2-4-11-19)22(27)16-29-21-13-6-5-12-20(21)23(28)25-15-17-8-7-9-18(24)14-17/h5-9,12-14,19H,2-4,10-11,15-16H2,1H3,(H,25,28). The van der Waals surface area contributed by atoms with E-state index in [9.17, 15) is 9.59 Å². The molecule has 1 N–H and O–H groups in total. The third kappa shape index (κ3) is 6.25. The highest BCUT2D eigenvalue weighted by Gasteiger charge is 2.22. The molecule has 0 radical (unpaired) electrons. The van der Waals surface area contributed by atoms with Crippen LogP contribution in [-0.4, -0.2) is 35.6 Å². The van der Waals surface area contributed by atoms with Gasteiger partial charge in [0.25, 0.3) is 5.91 Å². The fourth-order valence-corrected chi connectivity index (χ4v) is 4.80. The highest BCUT2D eigenvalue weighted by molar-refractivity contribution is 8.00. The summed E-state index contributed by atoms with van der Waals surface area (Å²) in [4.78, 5) is 28.0. The van der Waals surface area contributed by atoms with Crippen LogP contribution in [-0.2, 0) is 11.3 Å². The van der Waals surface area contributed by atoms with Crippen LogP contribution in [0.25, 0.3) is 0 Å². The van der Waals surface area contributed by atoms with Crippen LogP contribution < -0.4 is 5.32 Å². The number of benzene rings is 2. The lowest BCUT2D eigenvalue weighted by molar-refractivity contribution is -0.129. The van der Waals surface area contributed by atoms with E-state index < -0.39 is 0 Å². The van der Waals surface area contributed by atoms with Crippen LogP contribution in [0.4, 0.5) is 0 Å². The van der Waals surface area contributed by atoms with Crippen LogP contribution in [0.5, 0.6) is 0 Å². The Morgan fingerprint density at radius 3 is 2.62 bits per heavy atom. The molecule has 2 aromatic carbocycles. The molecule has 3 rings (SSSR count). The number of nitrogens with one attached hydrogen (secondary N) is 1. The zero-order valence-electron chi connectivity index (χ0n) is 16.7. The number of carbonyl (C=O) groups excluding carboxylic acids is 2. The number of hydrogen-bond donors (Lipinski definition) is 1. The summed E-state index contributed by atoms with van der Waals surface area (Å²) in [5.41, 5.74) is 1.54. The normalized spacial score (nSPS) is 14.4. The van der Waals surface area contributed by atoms with Crippen molar-refractivity contribution in [3.63, 3.8) is 0 Å². The maximum atomic E-state index is 12.7. The molecule has 0 aliphatic heterocycles. The molecule has 1 aliphatic carbocycles. The Hall–Kier alpha value is -1.98. The lowest BCUT2D eigenvalue weighted by atomic mass is 9.94. The first-order chi connectivity index (χ1) is 14.0. The highest BCUT2D eigenvalue weighted by Crippen LogP contribution is 2.26. The fourth-order valence-electron chi connectivity index (χ4n) is 3.62. The van der Waals surface area contributed by atoms with Crippen LogP contribution in [0.2, 0.25) is 5.02 Å². The second-order valence-corrected chi connectivity index (χ2v) is 8.85. The van der Waals surface area contributed by atoms with Gasteiger partial charge in [0.2, 0.25) is 5.91 Å². The predicted octanol–water partition coefficient (Wildman–Crippen LogP) is 5.15.